The number of para-hydroxylation sites is 2. The van der Waals surface area contributed by atoms with Crippen LogP contribution in [0.15, 0.2) is 29.3 Å². The van der Waals surface area contributed by atoms with E-state index in [0.717, 1.165) is 0 Å². The van der Waals surface area contributed by atoms with Gasteiger partial charge >= 0.3 is 6.61 Å². The lowest BCUT2D eigenvalue weighted by molar-refractivity contribution is -0.0493. The van der Waals surface area contributed by atoms with E-state index in [-0.39, 0.29) is 17.8 Å². The van der Waals surface area contributed by atoms with Crippen molar-refractivity contribution in [1.29, 1.82) is 0 Å². The lowest BCUT2D eigenvalue weighted by Gasteiger charge is -2.12. The molecular formula is C11H15F2N3O. The molecule has 0 fully saturated rings. The number of hydrogen-bond donors (Lipinski definition) is 2. The number of rotatable bonds is 4. The first kappa shape index (κ1) is 13.2. The maximum Gasteiger partial charge on any atom is 0.387 e. The molecule has 1 aromatic carbocycles. The third kappa shape index (κ3) is 4.67. The third-order valence-corrected chi connectivity index (χ3v) is 1.76. The van der Waals surface area contributed by atoms with Crippen LogP contribution in [0.25, 0.3) is 0 Å². The van der Waals surface area contributed by atoms with Crippen molar-refractivity contribution in [2.75, 3.05) is 5.32 Å². The number of anilines is 1. The second kappa shape index (κ2) is 6.03. The Morgan fingerprint density at radius 3 is 2.59 bits per heavy atom. The molecule has 0 heterocycles. The van der Waals surface area contributed by atoms with Gasteiger partial charge in [-0.3, -0.25) is 4.99 Å². The minimum Gasteiger partial charge on any atom is -0.433 e. The van der Waals surface area contributed by atoms with Gasteiger partial charge in [0, 0.05) is 6.04 Å². The fourth-order valence-electron chi connectivity index (χ4n) is 1.22. The summed E-state index contributed by atoms with van der Waals surface area (Å²) >= 11 is 0. The van der Waals surface area contributed by atoms with Crippen LogP contribution in [0.5, 0.6) is 5.75 Å². The van der Waals surface area contributed by atoms with Crippen molar-refractivity contribution in [2.24, 2.45) is 10.7 Å². The van der Waals surface area contributed by atoms with Gasteiger partial charge in [0.25, 0.3) is 0 Å². The molecule has 0 aliphatic rings. The second-order valence-corrected chi connectivity index (χ2v) is 3.61. The van der Waals surface area contributed by atoms with Gasteiger partial charge in [0.15, 0.2) is 5.96 Å². The van der Waals surface area contributed by atoms with Crippen LogP contribution in [0.2, 0.25) is 0 Å². The van der Waals surface area contributed by atoms with Gasteiger partial charge in [-0.25, -0.2) is 0 Å². The van der Waals surface area contributed by atoms with Gasteiger partial charge in [0.2, 0.25) is 0 Å². The number of aliphatic imine (C=N–C) groups is 1. The van der Waals surface area contributed by atoms with Crippen LogP contribution < -0.4 is 15.8 Å². The van der Waals surface area contributed by atoms with Crippen LogP contribution in [-0.4, -0.2) is 18.6 Å². The number of alkyl halides is 2. The van der Waals surface area contributed by atoms with Crippen molar-refractivity contribution in [3.05, 3.63) is 24.3 Å². The van der Waals surface area contributed by atoms with Crippen LogP contribution in [-0.2, 0) is 0 Å². The van der Waals surface area contributed by atoms with Crippen LogP contribution in [0.4, 0.5) is 14.5 Å². The molecule has 0 aromatic heterocycles. The van der Waals surface area contributed by atoms with E-state index >= 15 is 0 Å². The summed E-state index contributed by atoms with van der Waals surface area (Å²) in [4.78, 5) is 4.03. The molecule has 94 valence electrons. The minimum absolute atomic E-state index is 0.0191. The smallest absolute Gasteiger partial charge is 0.387 e. The maximum absolute atomic E-state index is 12.1. The Bertz CT molecular complexity index is 394. The highest BCUT2D eigenvalue weighted by molar-refractivity contribution is 5.93. The summed E-state index contributed by atoms with van der Waals surface area (Å²) < 4.78 is 28.6. The molecule has 4 nitrogen and oxygen atoms in total. The van der Waals surface area contributed by atoms with E-state index in [2.05, 4.69) is 15.0 Å². The van der Waals surface area contributed by atoms with Gasteiger partial charge in [0.1, 0.15) is 5.75 Å². The molecule has 0 atom stereocenters. The Morgan fingerprint density at radius 2 is 2.00 bits per heavy atom. The van der Waals surface area contributed by atoms with Crippen molar-refractivity contribution in [1.82, 2.24) is 0 Å². The Balaban J connectivity index is 2.83. The molecule has 1 aromatic rings. The molecule has 0 amide bonds. The zero-order valence-corrected chi connectivity index (χ0v) is 9.65. The molecule has 0 saturated carbocycles. The van der Waals surface area contributed by atoms with Gasteiger partial charge in [0.05, 0.1) is 5.69 Å². The summed E-state index contributed by atoms with van der Waals surface area (Å²) in [7, 11) is 0. The van der Waals surface area contributed by atoms with Crippen molar-refractivity contribution in [2.45, 2.75) is 26.5 Å². The number of ether oxygens (including phenoxy) is 1. The van der Waals surface area contributed by atoms with E-state index in [1.807, 2.05) is 13.8 Å². The molecule has 0 radical (unpaired) electrons. The molecule has 0 saturated heterocycles. The van der Waals surface area contributed by atoms with Crippen LogP contribution in [0, 0.1) is 0 Å². The van der Waals surface area contributed by atoms with Crippen molar-refractivity contribution >= 4 is 11.6 Å². The average molecular weight is 243 g/mol. The maximum atomic E-state index is 12.1. The Hall–Kier alpha value is -1.85. The molecule has 0 bridgehead atoms. The number of hydrogen-bond acceptors (Lipinski definition) is 2. The first-order valence-corrected chi connectivity index (χ1v) is 5.13. The second-order valence-electron chi connectivity index (χ2n) is 3.61. The number of nitrogens with zero attached hydrogens (tertiary/aromatic N) is 1. The number of benzene rings is 1. The Labute approximate surface area is 98.5 Å². The van der Waals surface area contributed by atoms with Gasteiger partial charge in [-0.2, -0.15) is 8.78 Å². The van der Waals surface area contributed by atoms with E-state index in [4.69, 9.17) is 5.73 Å². The molecule has 0 aliphatic carbocycles. The van der Waals surface area contributed by atoms with E-state index in [1.54, 1.807) is 18.2 Å². The van der Waals surface area contributed by atoms with Gasteiger partial charge in [-0.05, 0) is 26.0 Å². The molecular weight excluding hydrogens is 228 g/mol. The molecule has 3 N–H and O–H groups in total. The standard InChI is InChI=1S/C11H15F2N3O/c1-7(2)15-11(14)16-8-5-3-4-6-9(8)17-10(12)13/h3-7,10H,1-2H3,(H3,14,15,16). The summed E-state index contributed by atoms with van der Waals surface area (Å²) in [6, 6.07) is 6.31. The first-order valence-electron chi connectivity index (χ1n) is 5.13. The quantitative estimate of drug-likeness (QED) is 0.630. The number of halogens is 2. The van der Waals surface area contributed by atoms with E-state index in [0.29, 0.717) is 5.69 Å². The summed E-state index contributed by atoms with van der Waals surface area (Å²) in [5.74, 6) is 0.190. The summed E-state index contributed by atoms with van der Waals surface area (Å²) in [5, 5.41) is 2.72. The first-order chi connectivity index (χ1) is 7.99. The largest absolute Gasteiger partial charge is 0.433 e. The molecule has 6 heteroatoms. The van der Waals surface area contributed by atoms with Crippen molar-refractivity contribution < 1.29 is 13.5 Å². The predicted octanol–water partition coefficient (Wildman–Crippen LogP) is 2.42. The molecule has 17 heavy (non-hydrogen) atoms. The fourth-order valence-corrected chi connectivity index (χ4v) is 1.22. The van der Waals surface area contributed by atoms with Gasteiger partial charge < -0.3 is 15.8 Å². The highest BCUT2D eigenvalue weighted by Crippen LogP contribution is 2.25. The summed E-state index contributed by atoms with van der Waals surface area (Å²) in [5.41, 5.74) is 5.96. The van der Waals surface area contributed by atoms with Crippen LogP contribution >= 0.6 is 0 Å². The number of nitrogens with two attached hydrogens (primary N) is 1. The Morgan fingerprint density at radius 1 is 1.35 bits per heavy atom. The normalized spacial score (nSPS) is 12.0. The van der Waals surface area contributed by atoms with E-state index in [9.17, 15) is 8.78 Å². The summed E-state index contributed by atoms with van der Waals surface area (Å²) in [6.07, 6.45) is 0. The zero-order chi connectivity index (χ0) is 12.8. The zero-order valence-electron chi connectivity index (χ0n) is 9.65. The molecule has 0 spiro atoms. The Kier molecular flexibility index (Phi) is 4.68. The van der Waals surface area contributed by atoms with Crippen LogP contribution in [0.1, 0.15) is 13.8 Å². The molecule has 0 aliphatic heterocycles. The van der Waals surface area contributed by atoms with Gasteiger partial charge in [-0.1, -0.05) is 12.1 Å². The van der Waals surface area contributed by atoms with E-state index in [1.165, 1.54) is 6.07 Å². The summed E-state index contributed by atoms with van der Waals surface area (Å²) in [6.45, 7) is 0.841. The third-order valence-electron chi connectivity index (χ3n) is 1.76. The highest BCUT2D eigenvalue weighted by atomic mass is 19.3. The number of nitrogens with one attached hydrogen (secondary N) is 1. The molecule has 0 unspecified atom stereocenters. The average Bonchev–Trinajstić information content (AvgIpc) is 2.18. The van der Waals surface area contributed by atoms with E-state index < -0.39 is 6.61 Å². The number of guanidine groups is 1. The topological polar surface area (TPSA) is 59.6 Å². The SMILES string of the molecule is CC(C)N=C(N)Nc1ccccc1OC(F)F. The van der Waals surface area contributed by atoms with Crippen molar-refractivity contribution in [3.8, 4) is 5.75 Å². The minimum atomic E-state index is -2.87. The van der Waals surface area contributed by atoms with Gasteiger partial charge in [-0.15, -0.1) is 0 Å². The lowest BCUT2D eigenvalue weighted by Crippen LogP contribution is -2.24. The molecule has 1 rings (SSSR count). The monoisotopic (exact) mass is 243 g/mol. The predicted molar refractivity (Wildman–Crippen MR) is 63.5 cm³/mol. The highest BCUT2D eigenvalue weighted by Gasteiger charge is 2.09. The fraction of sp³-hybridized carbons (Fsp3) is 0.364. The van der Waals surface area contributed by atoms with Crippen molar-refractivity contribution in [3.63, 3.8) is 0 Å². The van der Waals surface area contributed by atoms with Crippen LogP contribution in [0.3, 0.4) is 0 Å². The lowest BCUT2D eigenvalue weighted by atomic mass is 10.3.